The molecule has 5 nitrogen and oxygen atoms in total. The number of carbonyl (C=O) groups is 2. The Kier molecular flexibility index (Phi) is 7.42. The molecular formula is C24H33NO4. The molecule has 2 aromatic carbocycles. The molecule has 2 aromatic rings. The Morgan fingerprint density at radius 2 is 1.79 bits per heavy atom. The maximum absolute atomic E-state index is 12.7. The highest BCUT2D eigenvalue weighted by atomic mass is 16.6. The molecule has 0 amide bonds. The average molecular weight is 400 g/mol. The Labute approximate surface area is 173 Å². The fourth-order valence-corrected chi connectivity index (χ4v) is 3.33. The number of benzene rings is 2. The van der Waals surface area contributed by atoms with Gasteiger partial charge in [0.25, 0.3) is 6.47 Å². The summed E-state index contributed by atoms with van der Waals surface area (Å²) in [5.74, 6) is 0.0389. The Morgan fingerprint density at radius 3 is 2.34 bits per heavy atom. The zero-order chi connectivity index (χ0) is 21.8. The summed E-state index contributed by atoms with van der Waals surface area (Å²) in [6.07, 6.45) is 2.35. The molecule has 0 aromatic heterocycles. The van der Waals surface area contributed by atoms with Gasteiger partial charge in [0.2, 0.25) is 0 Å². The Balaban J connectivity index is 2.64. The van der Waals surface area contributed by atoms with Crippen LogP contribution in [0.5, 0.6) is 11.5 Å². The van der Waals surface area contributed by atoms with E-state index in [4.69, 9.17) is 15.2 Å². The van der Waals surface area contributed by atoms with E-state index in [9.17, 15) is 9.59 Å². The van der Waals surface area contributed by atoms with Gasteiger partial charge in [0.1, 0.15) is 6.04 Å². The van der Waals surface area contributed by atoms with Crippen LogP contribution in [0.25, 0.3) is 10.8 Å². The second-order valence-electron chi connectivity index (χ2n) is 8.91. The van der Waals surface area contributed by atoms with Crippen molar-refractivity contribution in [1.29, 1.82) is 0 Å². The van der Waals surface area contributed by atoms with Crippen molar-refractivity contribution in [2.45, 2.75) is 66.8 Å². The first-order valence-electron chi connectivity index (χ1n) is 10.2. The highest BCUT2D eigenvalue weighted by Gasteiger charge is 2.27. The van der Waals surface area contributed by atoms with Gasteiger partial charge in [-0.15, -0.1) is 0 Å². The van der Waals surface area contributed by atoms with Crippen molar-refractivity contribution < 1.29 is 19.1 Å². The fraction of sp³-hybridized carbons (Fsp3) is 0.500. The smallest absolute Gasteiger partial charge is 0.328 e. The zero-order valence-corrected chi connectivity index (χ0v) is 18.4. The van der Waals surface area contributed by atoms with Crippen LogP contribution in [0.2, 0.25) is 0 Å². The highest BCUT2D eigenvalue weighted by Crippen LogP contribution is 2.43. The van der Waals surface area contributed by atoms with Crippen LogP contribution in [0.3, 0.4) is 0 Å². The molecule has 2 atom stereocenters. The quantitative estimate of drug-likeness (QED) is 0.386. The minimum Gasteiger partial charge on any atom is -0.424 e. The maximum atomic E-state index is 12.7. The largest absolute Gasteiger partial charge is 0.424 e. The summed E-state index contributed by atoms with van der Waals surface area (Å²) in [4.78, 5) is 24.0. The maximum Gasteiger partial charge on any atom is 0.328 e. The first-order valence-corrected chi connectivity index (χ1v) is 10.2. The van der Waals surface area contributed by atoms with Gasteiger partial charge in [-0.1, -0.05) is 65.3 Å². The Hall–Kier alpha value is -2.40. The van der Waals surface area contributed by atoms with Crippen LogP contribution in [0, 0.1) is 18.3 Å². The van der Waals surface area contributed by atoms with Crippen molar-refractivity contribution in [1.82, 2.24) is 0 Å². The number of hydrogen-bond acceptors (Lipinski definition) is 5. The monoisotopic (exact) mass is 399 g/mol. The van der Waals surface area contributed by atoms with E-state index >= 15 is 0 Å². The van der Waals surface area contributed by atoms with Crippen molar-refractivity contribution in [2.75, 3.05) is 0 Å². The van der Waals surface area contributed by atoms with Gasteiger partial charge in [0.05, 0.1) is 0 Å². The minimum absolute atomic E-state index is 0.0185. The Bertz CT molecular complexity index is 883. The lowest BCUT2D eigenvalue weighted by Gasteiger charge is -2.23. The molecule has 0 saturated heterocycles. The SMILES string of the molecule is CCC(C)C(N)C(=O)Oc1c(OC=O)c(CCC(C)(C)C)c(C)c2ccccc12. The molecule has 2 rings (SSSR count). The number of esters is 1. The Morgan fingerprint density at radius 1 is 1.17 bits per heavy atom. The van der Waals surface area contributed by atoms with E-state index in [2.05, 4.69) is 20.8 Å². The molecule has 0 aliphatic carbocycles. The predicted octanol–water partition coefficient (Wildman–Crippen LogP) is 4.94. The predicted molar refractivity (Wildman–Crippen MR) is 116 cm³/mol. The first-order chi connectivity index (χ1) is 13.6. The van der Waals surface area contributed by atoms with Gasteiger partial charge < -0.3 is 15.2 Å². The van der Waals surface area contributed by atoms with Crippen LogP contribution in [0.4, 0.5) is 0 Å². The molecule has 0 fully saturated rings. The number of hydrogen-bond donors (Lipinski definition) is 1. The minimum atomic E-state index is -0.748. The van der Waals surface area contributed by atoms with Gasteiger partial charge in [-0.25, -0.2) is 4.79 Å². The molecule has 0 aliphatic rings. The lowest BCUT2D eigenvalue weighted by molar-refractivity contribution is -0.137. The van der Waals surface area contributed by atoms with E-state index in [0.717, 1.165) is 34.7 Å². The summed E-state index contributed by atoms with van der Waals surface area (Å²) in [5, 5.41) is 1.70. The van der Waals surface area contributed by atoms with Gasteiger partial charge in [-0.3, -0.25) is 4.79 Å². The molecule has 158 valence electrons. The third-order valence-corrected chi connectivity index (χ3v) is 5.53. The van der Waals surface area contributed by atoms with Crippen molar-refractivity contribution in [3.05, 3.63) is 35.4 Å². The molecule has 0 aliphatic heterocycles. The third kappa shape index (κ3) is 5.36. The van der Waals surface area contributed by atoms with E-state index in [1.807, 2.05) is 45.0 Å². The van der Waals surface area contributed by atoms with Crippen molar-refractivity contribution >= 4 is 23.2 Å². The summed E-state index contributed by atoms with van der Waals surface area (Å²) in [6.45, 7) is 12.8. The van der Waals surface area contributed by atoms with Gasteiger partial charge in [-0.05, 0) is 42.0 Å². The van der Waals surface area contributed by atoms with Crippen LogP contribution in [0.1, 0.15) is 58.6 Å². The van der Waals surface area contributed by atoms with Gasteiger partial charge in [-0.2, -0.15) is 0 Å². The topological polar surface area (TPSA) is 78.6 Å². The van der Waals surface area contributed by atoms with Crippen LogP contribution >= 0.6 is 0 Å². The molecule has 29 heavy (non-hydrogen) atoms. The van der Waals surface area contributed by atoms with Crippen LogP contribution in [-0.2, 0) is 16.0 Å². The number of nitrogens with two attached hydrogens (primary N) is 1. The number of carbonyl (C=O) groups excluding carboxylic acids is 2. The molecular weight excluding hydrogens is 366 g/mol. The van der Waals surface area contributed by atoms with Crippen molar-refractivity contribution in [3.8, 4) is 11.5 Å². The van der Waals surface area contributed by atoms with Crippen LogP contribution < -0.4 is 15.2 Å². The standard InChI is InChI=1S/C24H33NO4/c1-7-15(2)20(25)23(27)29-22-19-11-9-8-10-17(19)16(3)18(21(22)28-14-26)12-13-24(4,5)6/h8-11,14-15,20H,7,12-13,25H2,1-6H3. The second-order valence-corrected chi connectivity index (χ2v) is 8.91. The lowest BCUT2D eigenvalue weighted by atomic mass is 9.86. The lowest BCUT2D eigenvalue weighted by Crippen LogP contribution is -2.39. The summed E-state index contributed by atoms with van der Waals surface area (Å²) < 4.78 is 11.2. The van der Waals surface area contributed by atoms with E-state index in [1.165, 1.54) is 0 Å². The van der Waals surface area contributed by atoms with Crippen molar-refractivity contribution in [3.63, 3.8) is 0 Å². The number of fused-ring (bicyclic) bond motifs is 1. The normalized spacial score (nSPS) is 13.8. The molecule has 0 spiro atoms. The van der Waals surface area contributed by atoms with Gasteiger partial charge in [0.15, 0.2) is 11.5 Å². The van der Waals surface area contributed by atoms with E-state index < -0.39 is 12.0 Å². The molecule has 2 unspecified atom stereocenters. The molecule has 0 heterocycles. The van der Waals surface area contributed by atoms with E-state index in [-0.39, 0.29) is 17.1 Å². The van der Waals surface area contributed by atoms with E-state index in [1.54, 1.807) is 0 Å². The van der Waals surface area contributed by atoms with E-state index in [0.29, 0.717) is 18.6 Å². The molecule has 2 N–H and O–H groups in total. The highest BCUT2D eigenvalue weighted by molar-refractivity contribution is 5.97. The third-order valence-electron chi connectivity index (χ3n) is 5.53. The zero-order valence-electron chi connectivity index (χ0n) is 18.4. The molecule has 0 radical (unpaired) electrons. The first kappa shape index (κ1) is 22.9. The second kappa shape index (κ2) is 9.40. The number of ether oxygens (including phenoxy) is 2. The van der Waals surface area contributed by atoms with Gasteiger partial charge >= 0.3 is 5.97 Å². The summed E-state index contributed by atoms with van der Waals surface area (Å²) in [6, 6.07) is 6.92. The molecule has 0 saturated carbocycles. The van der Waals surface area contributed by atoms with Gasteiger partial charge in [0, 0.05) is 10.9 Å². The average Bonchev–Trinajstić information content (AvgIpc) is 2.68. The van der Waals surface area contributed by atoms with Crippen molar-refractivity contribution in [2.24, 2.45) is 17.1 Å². The molecule has 5 heteroatoms. The summed E-state index contributed by atoms with van der Waals surface area (Å²) >= 11 is 0. The molecule has 0 bridgehead atoms. The van der Waals surface area contributed by atoms with Crippen LogP contribution in [0.15, 0.2) is 24.3 Å². The summed E-state index contributed by atoms with van der Waals surface area (Å²) in [7, 11) is 0. The van der Waals surface area contributed by atoms with Crippen LogP contribution in [-0.4, -0.2) is 18.5 Å². The summed E-state index contributed by atoms with van der Waals surface area (Å²) in [5.41, 5.74) is 8.09. The number of rotatable bonds is 8. The number of aryl methyl sites for hydroxylation is 1. The fourth-order valence-electron chi connectivity index (χ4n) is 3.33.